The summed E-state index contributed by atoms with van der Waals surface area (Å²) in [5.41, 5.74) is -0.347. The zero-order valence-corrected chi connectivity index (χ0v) is 7.82. The van der Waals surface area contributed by atoms with Gasteiger partial charge >= 0.3 is 5.69 Å². The van der Waals surface area contributed by atoms with Crippen LogP contribution in [-0.4, -0.2) is 29.7 Å². The first kappa shape index (κ1) is 9.21. The van der Waals surface area contributed by atoms with Gasteiger partial charge in [-0.1, -0.05) is 0 Å². The number of aromatic nitrogens is 2. The summed E-state index contributed by atoms with van der Waals surface area (Å²) in [6.45, 7) is 2.76. The topological polar surface area (TPSA) is 67.0 Å². The first-order valence-electron chi connectivity index (χ1n) is 4.73. The highest BCUT2D eigenvalue weighted by Crippen LogP contribution is 2.10. The Kier molecular flexibility index (Phi) is 2.78. The van der Waals surface area contributed by atoms with Gasteiger partial charge in [0.2, 0.25) is 0 Å². The molecule has 5 heteroatoms. The van der Waals surface area contributed by atoms with Gasteiger partial charge in [-0.25, -0.2) is 4.79 Å². The van der Waals surface area contributed by atoms with Gasteiger partial charge in [0.1, 0.15) is 0 Å². The quantitative estimate of drug-likeness (QED) is 0.698. The summed E-state index contributed by atoms with van der Waals surface area (Å²) in [7, 11) is 0. The number of hydrogen-bond acceptors (Lipinski definition) is 4. The van der Waals surface area contributed by atoms with Gasteiger partial charge in [0.25, 0.3) is 0 Å². The van der Waals surface area contributed by atoms with Gasteiger partial charge in [-0.3, -0.25) is 0 Å². The van der Waals surface area contributed by atoms with E-state index in [2.05, 4.69) is 15.3 Å². The summed E-state index contributed by atoms with van der Waals surface area (Å²) >= 11 is 0. The van der Waals surface area contributed by atoms with E-state index in [1.54, 1.807) is 0 Å². The predicted molar refractivity (Wildman–Crippen MR) is 51.3 cm³/mol. The largest absolute Gasteiger partial charge is 0.490 e. The van der Waals surface area contributed by atoms with Crippen LogP contribution in [0.2, 0.25) is 0 Å². The standard InChI is InChI=1S/C9H13N3O2/c13-9-11-4-8(5-12-9)14-6-7-1-2-10-3-7/h4-5,7,10H,1-3,6H2,(H,11,12,13). The molecule has 1 aliphatic heterocycles. The van der Waals surface area contributed by atoms with Crippen LogP contribution < -0.4 is 15.7 Å². The fraction of sp³-hybridized carbons (Fsp3) is 0.556. The summed E-state index contributed by atoms with van der Waals surface area (Å²) in [5.74, 6) is 1.19. The number of H-pyrrole nitrogens is 1. The highest BCUT2D eigenvalue weighted by atomic mass is 16.5. The predicted octanol–water partition coefficient (Wildman–Crippen LogP) is -0.242. The third-order valence-electron chi connectivity index (χ3n) is 2.30. The van der Waals surface area contributed by atoms with Crippen molar-refractivity contribution in [2.24, 2.45) is 5.92 Å². The summed E-state index contributed by atoms with van der Waals surface area (Å²) in [5, 5.41) is 3.26. The molecule has 1 saturated heterocycles. The van der Waals surface area contributed by atoms with E-state index in [-0.39, 0.29) is 5.69 Å². The first-order chi connectivity index (χ1) is 6.84. The SMILES string of the molecule is O=c1ncc(OCC2CCNC2)c[nH]1. The minimum atomic E-state index is -0.347. The molecule has 1 fully saturated rings. The molecule has 0 saturated carbocycles. The number of nitrogens with one attached hydrogen (secondary N) is 2. The molecule has 1 atom stereocenters. The maximum Gasteiger partial charge on any atom is 0.345 e. The molecular weight excluding hydrogens is 182 g/mol. The molecule has 1 aromatic heterocycles. The molecule has 2 rings (SSSR count). The molecular formula is C9H13N3O2. The summed E-state index contributed by atoms with van der Waals surface area (Å²) < 4.78 is 5.47. The van der Waals surface area contributed by atoms with E-state index in [1.807, 2.05) is 0 Å². The second-order valence-corrected chi connectivity index (χ2v) is 3.42. The van der Waals surface area contributed by atoms with Crippen molar-refractivity contribution in [3.63, 3.8) is 0 Å². The number of aromatic amines is 1. The molecule has 2 N–H and O–H groups in total. The van der Waals surface area contributed by atoms with Crippen molar-refractivity contribution in [3.05, 3.63) is 22.9 Å². The molecule has 14 heavy (non-hydrogen) atoms. The Labute approximate surface area is 81.5 Å². The molecule has 5 nitrogen and oxygen atoms in total. The fourth-order valence-electron chi connectivity index (χ4n) is 1.48. The maximum absolute atomic E-state index is 10.6. The van der Waals surface area contributed by atoms with Gasteiger partial charge in [0.05, 0.1) is 12.8 Å². The lowest BCUT2D eigenvalue weighted by atomic mass is 10.1. The Morgan fingerprint density at radius 3 is 3.21 bits per heavy atom. The lowest BCUT2D eigenvalue weighted by Crippen LogP contribution is -2.16. The lowest BCUT2D eigenvalue weighted by Gasteiger charge is -2.09. The van der Waals surface area contributed by atoms with E-state index >= 15 is 0 Å². The molecule has 0 aliphatic carbocycles. The molecule has 1 unspecified atom stereocenters. The van der Waals surface area contributed by atoms with Crippen LogP contribution in [0.1, 0.15) is 6.42 Å². The lowest BCUT2D eigenvalue weighted by molar-refractivity contribution is 0.258. The highest BCUT2D eigenvalue weighted by Gasteiger charge is 2.14. The van der Waals surface area contributed by atoms with Crippen molar-refractivity contribution in [3.8, 4) is 5.75 Å². The monoisotopic (exact) mass is 195 g/mol. The minimum Gasteiger partial charge on any atom is -0.490 e. The molecule has 0 bridgehead atoms. The van der Waals surface area contributed by atoms with Crippen molar-refractivity contribution in [1.82, 2.24) is 15.3 Å². The van der Waals surface area contributed by atoms with Crippen LogP contribution in [0, 0.1) is 5.92 Å². The van der Waals surface area contributed by atoms with Crippen molar-refractivity contribution in [2.75, 3.05) is 19.7 Å². The van der Waals surface area contributed by atoms with E-state index in [4.69, 9.17) is 4.74 Å². The third-order valence-corrected chi connectivity index (χ3v) is 2.30. The van der Waals surface area contributed by atoms with Gasteiger partial charge in [0.15, 0.2) is 5.75 Å². The average Bonchev–Trinajstić information content (AvgIpc) is 2.70. The molecule has 0 aromatic carbocycles. The van der Waals surface area contributed by atoms with E-state index in [0.29, 0.717) is 18.3 Å². The van der Waals surface area contributed by atoms with Gasteiger partial charge < -0.3 is 15.0 Å². The molecule has 0 amide bonds. The minimum absolute atomic E-state index is 0.347. The first-order valence-corrected chi connectivity index (χ1v) is 4.73. The van der Waals surface area contributed by atoms with E-state index in [0.717, 1.165) is 19.5 Å². The van der Waals surface area contributed by atoms with Crippen LogP contribution >= 0.6 is 0 Å². The van der Waals surface area contributed by atoms with Crippen molar-refractivity contribution in [1.29, 1.82) is 0 Å². The average molecular weight is 195 g/mol. The van der Waals surface area contributed by atoms with E-state index in [1.165, 1.54) is 12.4 Å². The Hall–Kier alpha value is -1.36. The van der Waals surface area contributed by atoms with Crippen LogP contribution in [0.3, 0.4) is 0 Å². The summed E-state index contributed by atoms with van der Waals surface area (Å²) in [4.78, 5) is 16.7. The number of hydrogen-bond donors (Lipinski definition) is 2. The fourth-order valence-corrected chi connectivity index (χ4v) is 1.48. The molecule has 1 aliphatic rings. The highest BCUT2D eigenvalue weighted by molar-refractivity contribution is 5.09. The third kappa shape index (κ3) is 2.32. The molecule has 2 heterocycles. The van der Waals surface area contributed by atoms with Gasteiger partial charge in [-0.05, 0) is 13.0 Å². The number of ether oxygens (including phenoxy) is 1. The van der Waals surface area contributed by atoms with Crippen LogP contribution in [-0.2, 0) is 0 Å². The zero-order chi connectivity index (χ0) is 9.80. The second kappa shape index (κ2) is 4.23. The van der Waals surface area contributed by atoms with Crippen molar-refractivity contribution >= 4 is 0 Å². The van der Waals surface area contributed by atoms with E-state index in [9.17, 15) is 4.79 Å². The Morgan fingerprint density at radius 1 is 1.64 bits per heavy atom. The molecule has 0 radical (unpaired) electrons. The maximum atomic E-state index is 10.6. The Balaban J connectivity index is 1.85. The Morgan fingerprint density at radius 2 is 2.57 bits per heavy atom. The zero-order valence-electron chi connectivity index (χ0n) is 7.82. The Bertz CT molecular complexity index is 324. The van der Waals surface area contributed by atoms with Crippen LogP contribution in [0.25, 0.3) is 0 Å². The van der Waals surface area contributed by atoms with Gasteiger partial charge in [-0.15, -0.1) is 0 Å². The van der Waals surface area contributed by atoms with Gasteiger partial charge in [0, 0.05) is 18.7 Å². The van der Waals surface area contributed by atoms with Crippen LogP contribution in [0.5, 0.6) is 5.75 Å². The van der Waals surface area contributed by atoms with E-state index < -0.39 is 0 Å². The molecule has 0 spiro atoms. The van der Waals surface area contributed by atoms with Gasteiger partial charge in [-0.2, -0.15) is 4.98 Å². The van der Waals surface area contributed by atoms with Crippen LogP contribution in [0.15, 0.2) is 17.2 Å². The smallest absolute Gasteiger partial charge is 0.345 e. The summed E-state index contributed by atoms with van der Waals surface area (Å²) in [6.07, 6.45) is 4.13. The summed E-state index contributed by atoms with van der Waals surface area (Å²) in [6, 6.07) is 0. The van der Waals surface area contributed by atoms with Crippen LogP contribution in [0.4, 0.5) is 0 Å². The number of rotatable bonds is 3. The van der Waals surface area contributed by atoms with Crippen molar-refractivity contribution < 1.29 is 4.74 Å². The van der Waals surface area contributed by atoms with Crippen molar-refractivity contribution in [2.45, 2.75) is 6.42 Å². The number of nitrogens with zero attached hydrogens (tertiary/aromatic N) is 1. The normalized spacial score (nSPS) is 21.0. The molecule has 76 valence electrons. The second-order valence-electron chi connectivity index (χ2n) is 3.42. The molecule has 1 aromatic rings.